The van der Waals surface area contributed by atoms with Gasteiger partial charge in [-0.15, -0.1) is 16.9 Å². The van der Waals surface area contributed by atoms with Crippen LogP contribution >= 0.6 is 69.8 Å². The molecule has 6 aromatic heterocycles. The molecule has 600 valence electrons. The van der Waals surface area contributed by atoms with E-state index in [1.165, 1.54) is 46.3 Å². The number of halogens is 8. The average Bonchev–Trinajstić information content (AvgIpc) is 1.61. The molecule has 0 bridgehead atoms. The second kappa shape index (κ2) is 40.1. The summed E-state index contributed by atoms with van der Waals surface area (Å²) in [6.45, 7) is 29.6. The molecule has 1 saturated carbocycles. The number of primary sulfonamides is 2. The fraction of sp³-hybridized carbons (Fsp3) is 0.500. The molecule has 8 heterocycles. The Morgan fingerprint density at radius 2 is 1.13 bits per heavy atom. The molecule has 2 amide bonds. The molecule has 7 aromatic rings. The number of sulfonamides is 2. The monoisotopic (exact) mass is 1670 g/mol. The predicted octanol–water partition coefficient (Wildman–Crippen LogP) is 17.5. The molecule has 35 heteroatoms. The second-order valence-corrected chi connectivity index (χ2v) is 35.5. The number of nitrogens with zero attached hydrogens (tertiary/aromatic N) is 9. The smallest absolute Gasteiger partial charge is 0.410 e. The van der Waals surface area contributed by atoms with E-state index in [0.717, 1.165) is 68.0 Å². The van der Waals surface area contributed by atoms with E-state index < -0.39 is 48.8 Å². The van der Waals surface area contributed by atoms with Gasteiger partial charge in [0.05, 0.1) is 17.6 Å². The summed E-state index contributed by atoms with van der Waals surface area (Å²) in [5, 5.41) is 28.3. The number of benzene rings is 1. The Bertz CT molecular complexity index is 4440. The first-order valence-electron chi connectivity index (χ1n) is 34.8. The van der Waals surface area contributed by atoms with Crippen molar-refractivity contribution in [2.75, 3.05) is 38.1 Å². The van der Waals surface area contributed by atoms with E-state index in [1.54, 1.807) is 49.9 Å². The molecule has 2 saturated heterocycles. The summed E-state index contributed by atoms with van der Waals surface area (Å²) in [6.07, 6.45) is 2.89. The highest BCUT2D eigenvalue weighted by atomic mass is 35.5. The van der Waals surface area contributed by atoms with Crippen LogP contribution in [0.4, 0.5) is 28.6 Å². The molecule has 2 aliphatic heterocycles. The van der Waals surface area contributed by atoms with Gasteiger partial charge in [0.15, 0.2) is 15.9 Å². The number of anilines is 1. The number of nitrogens with two attached hydrogens (primary N) is 3. The zero-order valence-corrected chi connectivity index (χ0v) is 69.8. The Kier molecular flexibility index (Phi) is 34.1. The lowest BCUT2D eigenvalue weighted by molar-refractivity contribution is -0.190. The van der Waals surface area contributed by atoms with Gasteiger partial charge >= 0.3 is 24.3 Å². The van der Waals surface area contributed by atoms with Crippen molar-refractivity contribution in [2.45, 2.75) is 204 Å². The SMILES string of the molecule is CC(C)(C)OC(=O)N1CC(CCCN)CC1(C)C.Cc1ccc(Cl)nc1Cl.Cc1ccc(Cl)nc1S(N)(=O)=O.Cc1ccc(Cl)nc1SCc1ccccc1.Cc1ccc(NCCCC2CN(C(=O)OC(C)(C)C)C(C)(C)C2)nc1S(N)(=O)=O.O=C(O)c1ccc(-n2ccc(OCCC3(C(F)(F)F)CC3)n2)nc1Cl. The number of nitrogens with one attached hydrogen (secondary N) is 1. The number of alkyl halides is 3. The Morgan fingerprint density at radius 3 is 1.60 bits per heavy atom. The number of rotatable bonds is 19. The van der Waals surface area contributed by atoms with E-state index in [9.17, 15) is 44.4 Å². The third kappa shape index (κ3) is 30.6. The van der Waals surface area contributed by atoms with Crippen LogP contribution < -0.4 is 26.1 Å². The van der Waals surface area contributed by atoms with E-state index in [4.69, 9.17) is 93.3 Å². The molecule has 0 radical (unpaired) electrons. The lowest BCUT2D eigenvalue weighted by Gasteiger charge is -2.33. The van der Waals surface area contributed by atoms with Crippen molar-refractivity contribution in [3.8, 4) is 11.7 Å². The van der Waals surface area contributed by atoms with Crippen LogP contribution in [-0.2, 0) is 35.3 Å². The van der Waals surface area contributed by atoms with Gasteiger partial charge in [0, 0.05) is 48.7 Å². The highest BCUT2D eigenvalue weighted by molar-refractivity contribution is 7.98. The number of thioether (sulfide) groups is 1. The van der Waals surface area contributed by atoms with E-state index in [0.29, 0.717) is 57.3 Å². The standard InChI is InChI=1S/C20H34N4O4S.C15H13ClF3N3O3.C14H28N2O2.C13H12ClNS.C6H5Cl2N.C6H7ClN2O2S/c1-14-9-10-16(23-17(14)29(21,26)27)22-11-7-8-15-12-20(5,6)24(13-15)18(25)28-19(2,3)4;16-12-9(13(23)24)1-2-10(20-12)22-7-3-11(21-22)25-8-6-14(4-5-14)15(17,18)19;1-13(2,3)18-12(17)16-10-11(7-6-8-15)9-14(16,4)5;1-10-7-8-12(14)15-13(10)16-9-11-5-3-2-4-6-11;1-4-2-3-5(7)9-6(4)8;1-4-2-3-5(7)9-6(4)12(8,10)11/h9-10,15H,7-8,11-13H2,1-6H3,(H,22,23)(H2,21,26,27);1-3,7H,4-6,8H2,(H,23,24);11H,6-10,15H2,1-5H3;2-8H,9H2,1H3;2-3H,1H3;2-3H,1H3,(H2,8,10,11). The van der Waals surface area contributed by atoms with Crippen LogP contribution in [0.2, 0.25) is 25.8 Å². The Balaban J connectivity index is 0.000000243. The maximum absolute atomic E-state index is 12.8. The van der Waals surface area contributed by atoms with Crippen molar-refractivity contribution in [3.63, 3.8) is 0 Å². The average molecular weight is 1680 g/mol. The molecule has 2 atom stereocenters. The minimum Gasteiger partial charge on any atom is -0.478 e. The molecule has 2 unspecified atom stereocenters. The number of carboxylic acids is 1. The lowest BCUT2D eigenvalue weighted by Crippen LogP contribution is -2.45. The molecular weight excluding hydrogens is 1580 g/mol. The van der Waals surface area contributed by atoms with Crippen molar-refractivity contribution < 1.29 is 63.7 Å². The van der Waals surface area contributed by atoms with Crippen LogP contribution in [0.3, 0.4) is 0 Å². The van der Waals surface area contributed by atoms with Crippen molar-refractivity contribution in [2.24, 2.45) is 33.3 Å². The van der Waals surface area contributed by atoms with Crippen LogP contribution in [0.1, 0.15) is 165 Å². The number of carbonyl (C=O) groups is 3. The summed E-state index contributed by atoms with van der Waals surface area (Å²) in [4.78, 5) is 59.0. The molecule has 0 spiro atoms. The van der Waals surface area contributed by atoms with Gasteiger partial charge in [0.25, 0.3) is 20.0 Å². The number of aromatic carboxylic acids is 1. The molecule has 3 fully saturated rings. The third-order valence-electron chi connectivity index (χ3n) is 17.1. The van der Waals surface area contributed by atoms with E-state index in [1.807, 2.05) is 94.7 Å². The maximum Gasteiger partial charge on any atom is 0.410 e. The van der Waals surface area contributed by atoms with Gasteiger partial charge in [-0.3, -0.25) is 0 Å². The van der Waals surface area contributed by atoms with Crippen LogP contribution in [0.15, 0.2) is 118 Å². The summed E-state index contributed by atoms with van der Waals surface area (Å²) in [5.74, 6) is 1.57. The van der Waals surface area contributed by atoms with E-state index in [2.05, 4.69) is 82.1 Å². The summed E-state index contributed by atoms with van der Waals surface area (Å²) >= 11 is 30.0. The topological polar surface area (TPSA) is 346 Å². The van der Waals surface area contributed by atoms with Crippen LogP contribution in [0.25, 0.3) is 5.82 Å². The van der Waals surface area contributed by atoms with Gasteiger partial charge in [-0.1, -0.05) is 113 Å². The minimum atomic E-state index is -4.21. The molecule has 1 aliphatic carbocycles. The first-order chi connectivity index (χ1) is 50.4. The van der Waals surface area contributed by atoms with E-state index in [-0.39, 0.29) is 86.8 Å². The number of pyridine rings is 5. The van der Waals surface area contributed by atoms with Gasteiger partial charge in [0.2, 0.25) is 5.88 Å². The number of hydrogen-bond donors (Lipinski definition) is 5. The highest BCUT2D eigenvalue weighted by Gasteiger charge is 2.62. The van der Waals surface area contributed by atoms with Crippen molar-refractivity contribution in [1.82, 2.24) is 44.5 Å². The second-order valence-electron chi connectivity index (χ2n) is 29.7. The molecule has 8 N–H and O–H groups in total. The summed E-state index contributed by atoms with van der Waals surface area (Å²) < 4.78 is 101. The van der Waals surface area contributed by atoms with Crippen molar-refractivity contribution in [1.29, 1.82) is 0 Å². The number of aromatic nitrogens is 7. The predicted molar refractivity (Wildman–Crippen MR) is 422 cm³/mol. The normalized spacial score (nSPS) is 16.2. The molecule has 109 heavy (non-hydrogen) atoms. The Labute approximate surface area is 666 Å². The summed E-state index contributed by atoms with van der Waals surface area (Å²) in [6, 6.07) is 28.4. The van der Waals surface area contributed by atoms with Crippen LogP contribution in [0.5, 0.6) is 5.88 Å². The maximum atomic E-state index is 12.8. The fourth-order valence-corrected chi connectivity index (χ4v) is 14.8. The molecule has 10 rings (SSSR count). The number of carbonyl (C=O) groups excluding carboxylic acids is 2. The number of aryl methyl sites for hydroxylation is 4. The first kappa shape index (κ1) is 92.8. The zero-order chi connectivity index (χ0) is 81.8. The minimum absolute atomic E-state index is 0.0946. The first-order valence-corrected chi connectivity index (χ1v) is 40.8. The number of amides is 2. The zero-order valence-electron chi connectivity index (χ0n) is 63.6. The van der Waals surface area contributed by atoms with Gasteiger partial charge in [-0.05, 0) is 237 Å². The van der Waals surface area contributed by atoms with Crippen molar-refractivity contribution in [3.05, 3.63) is 162 Å². The van der Waals surface area contributed by atoms with E-state index >= 15 is 0 Å². The number of likely N-dealkylation sites (tertiary alicyclic amines) is 2. The largest absolute Gasteiger partial charge is 0.478 e. The quantitative estimate of drug-likeness (QED) is 0.0285. The van der Waals surface area contributed by atoms with Gasteiger partial charge in [-0.2, -0.15) is 13.2 Å². The molecular formula is C74H99Cl5F3N13O11S3. The highest BCUT2D eigenvalue weighted by Crippen LogP contribution is 2.60. The molecule has 1 aromatic carbocycles. The summed E-state index contributed by atoms with van der Waals surface area (Å²) in [7, 11) is -7.59. The van der Waals surface area contributed by atoms with Gasteiger partial charge in [0.1, 0.15) is 47.8 Å². The van der Waals surface area contributed by atoms with Gasteiger partial charge < -0.3 is 40.2 Å². The summed E-state index contributed by atoms with van der Waals surface area (Å²) in [5.41, 5.74) is 6.94. The number of carboxylic acid groups (broad SMARTS) is 1. The third-order valence-corrected chi connectivity index (χ3v) is 21.4. The van der Waals surface area contributed by atoms with Gasteiger partial charge in [-0.25, -0.2) is 71.1 Å². The Hall–Kier alpha value is -6.84. The fourth-order valence-electron chi connectivity index (χ4n) is 11.4. The van der Waals surface area contributed by atoms with Crippen molar-refractivity contribution >= 4 is 114 Å². The number of hydrogen-bond acceptors (Lipinski definition) is 19. The Morgan fingerprint density at radius 1 is 0.633 bits per heavy atom. The van der Waals surface area contributed by atoms with Crippen LogP contribution in [0, 0.1) is 44.9 Å². The number of ether oxygens (including phenoxy) is 3. The molecule has 24 nitrogen and oxygen atoms in total. The molecule has 3 aliphatic rings. The lowest BCUT2D eigenvalue weighted by atomic mass is 9.93. The van der Waals surface area contributed by atoms with Crippen LogP contribution in [-0.4, -0.2) is 146 Å².